The molecule has 3 heteroatoms. The van der Waals surface area contributed by atoms with Gasteiger partial charge in [-0.05, 0) is 43.4 Å². The molecule has 3 atom stereocenters. The summed E-state index contributed by atoms with van der Waals surface area (Å²) in [6.45, 7) is 2.24. The standard InChI is InChI=1S/C14H17BrO2/c1-9-3-2-6-14(9)8-12(16)11-7-10(15)4-5-13(11)17-14/h4-5,7,9,12,16H,2-3,6,8H2,1H3/t9?,12-,14?/m1/s1. The van der Waals surface area contributed by atoms with Crippen LogP contribution in [0, 0.1) is 5.92 Å². The van der Waals surface area contributed by atoms with Crippen molar-refractivity contribution in [2.45, 2.75) is 44.3 Å². The third-order valence-electron chi connectivity index (χ3n) is 4.32. The number of aliphatic hydroxyl groups is 1. The number of halogens is 1. The van der Waals surface area contributed by atoms with Crippen LogP contribution in [0.2, 0.25) is 0 Å². The monoisotopic (exact) mass is 296 g/mol. The summed E-state index contributed by atoms with van der Waals surface area (Å²) in [5.41, 5.74) is 0.796. The van der Waals surface area contributed by atoms with Crippen molar-refractivity contribution < 1.29 is 9.84 Å². The molecule has 1 aromatic rings. The van der Waals surface area contributed by atoms with E-state index >= 15 is 0 Å². The third-order valence-corrected chi connectivity index (χ3v) is 4.81. The molecule has 0 bridgehead atoms. The smallest absolute Gasteiger partial charge is 0.126 e. The summed E-state index contributed by atoms with van der Waals surface area (Å²) in [5, 5.41) is 10.3. The van der Waals surface area contributed by atoms with E-state index in [-0.39, 0.29) is 5.60 Å². The van der Waals surface area contributed by atoms with E-state index in [1.54, 1.807) is 0 Å². The van der Waals surface area contributed by atoms with Crippen LogP contribution in [0.1, 0.15) is 44.3 Å². The van der Waals surface area contributed by atoms with Crippen LogP contribution in [0.3, 0.4) is 0 Å². The first-order chi connectivity index (χ1) is 8.11. The average Bonchev–Trinajstić information content (AvgIpc) is 2.62. The number of rotatable bonds is 0. The molecule has 1 fully saturated rings. The van der Waals surface area contributed by atoms with Crippen LogP contribution < -0.4 is 4.74 Å². The lowest BCUT2D eigenvalue weighted by Crippen LogP contribution is -2.43. The molecule has 2 unspecified atom stereocenters. The topological polar surface area (TPSA) is 29.5 Å². The molecule has 1 aromatic carbocycles. The molecule has 2 nitrogen and oxygen atoms in total. The van der Waals surface area contributed by atoms with Crippen LogP contribution in [0.25, 0.3) is 0 Å². The minimum atomic E-state index is -0.392. The number of aliphatic hydroxyl groups excluding tert-OH is 1. The summed E-state index contributed by atoms with van der Waals surface area (Å²) < 4.78 is 7.23. The summed E-state index contributed by atoms with van der Waals surface area (Å²) in [4.78, 5) is 0. The fraction of sp³-hybridized carbons (Fsp3) is 0.571. The second-order valence-corrected chi connectivity index (χ2v) is 6.28. The van der Waals surface area contributed by atoms with Gasteiger partial charge in [0.05, 0.1) is 6.10 Å². The molecule has 0 radical (unpaired) electrons. The van der Waals surface area contributed by atoms with Gasteiger partial charge in [-0.3, -0.25) is 0 Å². The van der Waals surface area contributed by atoms with Crippen LogP contribution >= 0.6 is 15.9 Å². The number of fused-ring (bicyclic) bond motifs is 1. The Morgan fingerprint density at radius 3 is 3.00 bits per heavy atom. The van der Waals surface area contributed by atoms with E-state index in [1.165, 1.54) is 12.8 Å². The van der Waals surface area contributed by atoms with Gasteiger partial charge >= 0.3 is 0 Å². The second kappa shape index (κ2) is 3.99. The Balaban J connectivity index is 2.01. The zero-order valence-corrected chi connectivity index (χ0v) is 11.5. The quantitative estimate of drug-likeness (QED) is 0.788. The van der Waals surface area contributed by atoms with Gasteiger partial charge in [0, 0.05) is 16.5 Å². The lowest BCUT2D eigenvalue weighted by atomic mass is 9.82. The van der Waals surface area contributed by atoms with E-state index < -0.39 is 6.10 Å². The number of benzene rings is 1. The van der Waals surface area contributed by atoms with Crippen molar-refractivity contribution >= 4 is 15.9 Å². The number of hydrogen-bond acceptors (Lipinski definition) is 2. The average molecular weight is 297 g/mol. The predicted octanol–water partition coefficient (Wildman–Crippen LogP) is 3.82. The van der Waals surface area contributed by atoms with Crippen LogP contribution in [-0.4, -0.2) is 10.7 Å². The van der Waals surface area contributed by atoms with E-state index in [9.17, 15) is 5.11 Å². The molecule has 3 rings (SSSR count). The SMILES string of the molecule is CC1CCCC12C[C@@H](O)c1cc(Br)ccc1O2. The minimum absolute atomic E-state index is 0.125. The van der Waals surface area contributed by atoms with Crippen LogP contribution in [0.4, 0.5) is 0 Å². The summed E-state index contributed by atoms with van der Waals surface area (Å²) in [6, 6.07) is 5.91. The van der Waals surface area contributed by atoms with Gasteiger partial charge in [-0.2, -0.15) is 0 Å². The Bertz CT molecular complexity index is 446. The molecule has 1 heterocycles. The van der Waals surface area contributed by atoms with E-state index in [4.69, 9.17) is 4.74 Å². The highest BCUT2D eigenvalue weighted by atomic mass is 79.9. The fourth-order valence-electron chi connectivity index (χ4n) is 3.24. The highest BCUT2D eigenvalue weighted by Crippen LogP contribution is 2.50. The first-order valence-corrected chi connectivity index (χ1v) is 7.06. The molecule has 2 aliphatic rings. The summed E-state index contributed by atoms with van der Waals surface area (Å²) in [6.07, 6.45) is 3.83. The molecule has 1 spiro atoms. The van der Waals surface area contributed by atoms with E-state index in [0.717, 1.165) is 28.6 Å². The maximum absolute atomic E-state index is 10.3. The van der Waals surface area contributed by atoms with Crippen LogP contribution in [-0.2, 0) is 0 Å². The Morgan fingerprint density at radius 1 is 1.47 bits per heavy atom. The first-order valence-electron chi connectivity index (χ1n) is 6.27. The highest BCUT2D eigenvalue weighted by molar-refractivity contribution is 9.10. The molecule has 0 aromatic heterocycles. The van der Waals surface area contributed by atoms with Crippen molar-refractivity contribution in [2.75, 3.05) is 0 Å². The van der Waals surface area contributed by atoms with Gasteiger partial charge in [0.2, 0.25) is 0 Å². The van der Waals surface area contributed by atoms with Crippen molar-refractivity contribution in [3.05, 3.63) is 28.2 Å². The molecule has 0 saturated heterocycles. The van der Waals surface area contributed by atoms with Gasteiger partial charge in [0.1, 0.15) is 11.4 Å². The van der Waals surface area contributed by atoms with Gasteiger partial charge in [0.15, 0.2) is 0 Å². The first kappa shape index (κ1) is 11.5. The molecule has 17 heavy (non-hydrogen) atoms. The Hall–Kier alpha value is -0.540. The van der Waals surface area contributed by atoms with E-state index in [0.29, 0.717) is 5.92 Å². The molecule has 1 aliphatic carbocycles. The van der Waals surface area contributed by atoms with Crippen molar-refractivity contribution in [3.8, 4) is 5.75 Å². The molecular weight excluding hydrogens is 280 g/mol. The van der Waals surface area contributed by atoms with Crippen molar-refractivity contribution in [3.63, 3.8) is 0 Å². The largest absolute Gasteiger partial charge is 0.487 e. The van der Waals surface area contributed by atoms with E-state index in [1.807, 2.05) is 18.2 Å². The predicted molar refractivity (Wildman–Crippen MR) is 70.1 cm³/mol. The van der Waals surface area contributed by atoms with Crippen molar-refractivity contribution in [2.24, 2.45) is 5.92 Å². The molecule has 0 amide bonds. The van der Waals surface area contributed by atoms with Gasteiger partial charge in [-0.25, -0.2) is 0 Å². The van der Waals surface area contributed by atoms with Gasteiger partial charge in [0.25, 0.3) is 0 Å². The number of ether oxygens (including phenoxy) is 1. The van der Waals surface area contributed by atoms with Gasteiger partial charge in [-0.1, -0.05) is 22.9 Å². The summed E-state index contributed by atoms with van der Waals surface area (Å²) >= 11 is 3.44. The lowest BCUT2D eigenvalue weighted by Gasteiger charge is -2.41. The van der Waals surface area contributed by atoms with Crippen LogP contribution in [0.5, 0.6) is 5.75 Å². The lowest BCUT2D eigenvalue weighted by molar-refractivity contribution is -0.0356. The molecule has 1 saturated carbocycles. The Kier molecular flexibility index (Phi) is 2.71. The summed E-state index contributed by atoms with van der Waals surface area (Å²) in [7, 11) is 0. The van der Waals surface area contributed by atoms with E-state index in [2.05, 4.69) is 22.9 Å². The van der Waals surface area contributed by atoms with Crippen molar-refractivity contribution in [1.29, 1.82) is 0 Å². The fourth-order valence-corrected chi connectivity index (χ4v) is 3.62. The zero-order valence-electron chi connectivity index (χ0n) is 9.95. The highest BCUT2D eigenvalue weighted by Gasteiger charge is 2.47. The van der Waals surface area contributed by atoms with Gasteiger partial charge < -0.3 is 9.84 Å². The van der Waals surface area contributed by atoms with Gasteiger partial charge in [-0.15, -0.1) is 0 Å². The second-order valence-electron chi connectivity index (χ2n) is 5.36. The molecule has 92 valence electrons. The molecule has 1 aliphatic heterocycles. The number of hydrogen-bond donors (Lipinski definition) is 1. The maximum Gasteiger partial charge on any atom is 0.126 e. The van der Waals surface area contributed by atoms with Crippen LogP contribution in [0.15, 0.2) is 22.7 Å². The minimum Gasteiger partial charge on any atom is -0.487 e. The molecule has 1 N–H and O–H groups in total. The Morgan fingerprint density at radius 2 is 2.29 bits per heavy atom. The van der Waals surface area contributed by atoms with Crippen molar-refractivity contribution in [1.82, 2.24) is 0 Å². The zero-order chi connectivity index (χ0) is 12.0. The Labute approximate surface area is 110 Å². The summed E-state index contributed by atoms with van der Waals surface area (Å²) in [5.74, 6) is 1.40. The molecular formula is C14H17BrO2. The normalized spacial score (nSPS) is 35.7. The maximum atomic E-state index is 10.3. The third kappa shape index (κ3) is 1.80.